The average Bonchev–Trinajstić information content (AvgIpc) is 2.94. The molecule has 3 nitrogen and oxygen atoms in total. The van der Waals surface area contributed by atoms with Crippen LogP contribution in [0, 0.1) is 0 Å². The van der Waals surface area contributed by atoms with E-state index in [2.05, 4.69) is 27.1 Å². The predicted molar refractivity (Wildman–Crippen MR) is 66.3 cm³/mol. The Kier molecular flexibility index (Phi) is 2.50. The largest absolute Gasteiger partial charge is 0.253 e. The van der Waals surface area contributed by atoms with Gasteiger partial charge in [0.15, 0.2) is 5.82 Å². The quantitative estimate of drug-likeness (QED) is 0.782. The van der Waals surface area contributed by atoms with E-state index in [1.165, 1.54) is 0 Å². The molecule has 1 aliphatic rings. The highest BCUT2D eigenvalue weighted by molar-refractivity contribution is 5.48. The smallest absolute Gasteiger partial charge is 0.178 e. The van der Waals surface area contributed by atoms with Gasteiger partial charge in [-0.1, -0.05) is 30.4 Å². The van der Waals surface area contributed by atoms with Crippen molar-refractivity contribution in [3.05, 3.63) is 66.7 Å². The van der Waals surface area contributed by atoms with Gasteiger partial charge in [0.05, 0.1) is 5.69 Å². The maximum atomic E-state index is 4.55. The third kappa shape index (κ3) is 1.99. The lowest BCUT2D eigenvalue weighted by molar-refractivity contribution is 0.975. The zero-order valence-corrected chi connectivity index (χ0v) is 9.19. The molecule has 2 aromatic rings. The molecule has 0 aromatic carbocycles. The molecule has 3 rings (SSSR count). The molecule has 17 heavy (non-hydrogen) atoms. The maximum absolute atomic E-state index is 4.55. The van der Waals surface area contributed by atoms with Crippen molar-refractivity contribution in [2.75, 3.05) is 0 Å². The van der Waals surface area contributed by atoms with Gasteiger partial charge in [0.1, 0.15) is 5.69 Å². The van der Waals surface area contributed by atoms with Gasteiger partial charge in [-0.2, -0.15) is 0 Å². The Balaban J connectivity index is 2.00. The Bertz CT molecular complexity index is 561. The van der Waals surface area contributed by atoms with E-state index in [9.17, 15) is 0 Å². The number of hydrogen-bond donors (Lipinski definition) is 0. The number of allylic oxidation sites excluding steroid dienone is 4. The Morgan fingerprint density at radius 2 is 1.76 bits per heavy atom. The van der Waals surface area contributed by atoms with Crippen molar-refractivity contribution in [1.82, 2.24) is 15.0 Å². The van der Waals surface area contributed by atoms with Crippen molar-refractivity contribution in [2.45, 2.75) is 5.92 Å². The van der Waals surface area contributed by atoms with Gasteiger partial charge in [0.25, 0.3) is 0 Å². The zero-order chi connectivity index (χ0) is 11.5. The third-order valence-corrected chi connectivity index (χ3v) is 2.66. The number of aromatic nitrogens is 3. The summed E-state index contributed by atoms with van der Waals surface area (Å²) in [7, 11) is 0. The lowest BCUT2D eigenvalue weighted by Gasteiger charge is -2.06. The normalized spacial score (nSPS) is 14.4. The van der Waals surface area contributed by atoms with Crippen LogP contribution in [0.3, 0.4) is 0 Å². The van der Waals surface area contributed by atoms with Crippen LogP contribution in [0.5, 0.6) is 0 Å². The molecule has 0 fully saturated rings. The van der Waals surface area contributed by atoms with Crippen LogP contribution in [-0.4, -0.2) is 15.0 Å². The molecule has 2 aromatic heterocycles. The van der Waals surface area contributed by atoms with Crippen LogP contribution >= 0.6 is 0 Å². The second-order valence-corrected chi connectivity index (χ2v) is 3.82. The maximum Gasteiger partial charge on any atom is 0.178 e. The van der Waals surface area contributed by atoms with Crippen LogP contribution in [0.15, 0.2) is 61.0 Å². The van der Waals surface area contributed by atoms with Crippen LogP contribution in [0.2, 0.25) is 0 Å². The van der Waals surface area contributed by atoms with E-state index in [1.54, 1.807) is 12.4 Å². The van der Waals surface area contributed by atoms with Crippen molar-refractivity contribution < 1.29 is 0 Å². The second kappa shape index (κ2) is 4.29. The molecule has 0 bridgehead atoms. The molecule has 0 unspecified atom stereocenters. The fourth-order valence-electron chi connectivity index (χ4n) is 1.81. The Morgan fingerprint density at radius 3 is 2.53 bits per heavy atom. The minimum Gasteiger partial charge on any atom is -0.253 e. The van der Waals surface area contributed by atoms with Gasteiger partial charge in [-0.05, 0) is 18.2 Å². The molecule has 82 valence electrons. The Labute approximate surface area is 99.6 Å². The predicted octanol–water partition coefficient (Wildman–Crippen LogP) is 2.75. The van der Waals surface area contributed by atoms with Crippen LogP contribution in [0.4, 0.5) is 0 Å². The highest BCUT2D eigenvalue weighted by atomic mass is 14.9. The van der Waals surface area contributed by atoms with Gasteiger partial charge in [-0.15, -0.1) is 0 Å². The van der Waals surface area contributed by atoms with Crippen molar-refractivity contribution >= 4 is 0 Å². The summed E-state index contributed by atoms with van der Waals surface area (Å²) in [6, 6.07) is 7.68. The first-order chi connectivity index (χ1) is 8.43. The van der Waals surface area contributed by atoms with E-state index in [-0.39, 0.29) is 5.92 Å². The minimum absolute atomic E-state index is 0.264. The topological polar surface area (TPSA) is 38.7 Å². The van der Waals surface area contributed by atoms with Crippen LogP contribution in [0.25, 0.3) is 11.5 Å². The third-order valence-electron chi connectivity index (χ3n) is 2.66. The lowest BCUT2D eigenvalue weighted by Crippen LogP contribution is -1.98. The van der Waals surface area contributed by atoms with E-state index in [0.29, 0.717) is 5.82 Å². The van der Waals surface area contributed by atoms with E-state index in [1.807, 2.05) is 36.4 Å². The van der Waals surface area contributed by atoms with E-state index < -0.39 is 0 Å². The van der Waals surface area contributed by atoms with Gasteiger partial charge < -0.3 is 0 Å². The molecule has 0 amide bonds. The molecule has 0 atom stereocenters. The fraction of sp³-hybridized carbons (Fsp3) is 0.0714. The lowest BCUT2D eigenvalue weighted by atomic mass is 10.1. The summed E-state index contributed by atoms with van der Waals surface area (Å²) in [5.74, 6) is 0.942. The van der Waals surface area contributed by atoms with Crippen LogP contribution in [-0.2, 0) is 0 Å². The molecule has 0 radical (unpaired) electrons. The Morgan fingerprint density at radius 1 is 0.882 bits per heavy atom. The van der Waals surface area contributed by atoms with E-state index in [0.717, 1.165) is 11.4 Å². The molecule has 0 saturated heterocycles. The van der Waals surface area contributed by atoms with Gasteiger partial charge in [-0.25, -0.2) is 9.97 Å². The molecule has 0 saturated carbocycles. The van der Waals surface area contributed by atoms with E-state index >= 15 is 0 Å². The number of pyridine rings is 1. The van der Waals surface area contributed by atoms with Crippen molar-refractivity contribution in [3.8, 4) is 11.5 Å². The number of rotatable bonds is 2. The molecular weight excluding hydrogens is 210 g/mol. The highest BCUT2D eigenvalue weighted by Gasteiger charge is 2.10. The van der Waals surface area contributed by atoms with Gasteiger partial charge in [-0.3, -0.25) is 4.98 Å². The molecule has 3 heteroatoms. The summed E-state index contributed by atoms with van der Waals surface area (Å²) in [5, 5.41) is 0. The first-order valence-electron chi connectivity index (χ1n) is 5.53. The van der Waals surface area contributed by atoms with Crippen LogP contribution < -0.4 is 0 Å². The van der Waals surface area contributed by atoms with Crippen molar-refractivity contribution in [1.29, 1.82) is 0 Å². The number of nitrogens with zero attached hydrogens (tertiary/aromatic N) is 3. The fourth-order valence-corrected chi connectivity index (χ4v) is 1.81. The van der Waals surface area contributed by atoms with Gasteiger partial charge in [0, 0.05) is 18.3 Å². The first kappa shape index (κ1) is 9.90. The summed E-state index contributed by atoms with van der Waals surface area (Å²) in [6.45, 7) is 0. The zero-order valence-electron chi connectivity index (χ0n) is 9.19. The molecule has 0 spiro atoms. The Hall–Kier alpha value is -2.29. The highest BCUT2D eigenvalue weighted by Crippen LogP contribution is 2.22. The molecule has 1 aliphatic carbocycles. The number of hydrogen-bond acceptors (Lipinski definition) is 3. The average molecular weight is 221 g/mol. The van der Waals surface area contributed by atoms with Crippen LogP contribution in [0.1, 0.15) is 11.6 Å². The molecule has 0 N–H and O–H groups in total. The molecular formula is C14H11N3. The summed E-state index contributed by atoms with van der Waals surface area (Å²) < 4.78 is 0. The van der Waals surface area contributed by atoms with Gasteiger partial charge in [0.2, 0.25) is 0 Å². The summed E-state index contributed by atoms with van der Waals surface area (Å²) in [6.07, 6.45) is 11.8. The van der Waals surface area contributed by atoms with Crippen molar-refractivity contribution in [2.24, 2.45) is 0 Å². The first-order valence-corrected chi connectivity index (χ1v) is 5.53. The summed E-state index contributed by atoms with van der Waals surface area (Å²) in [5.41, 5.74) is 1.81. The molecule has 2 heterocycles. The van der Waals surface area contributed by atoms with Gasteiger partial charge >= 0.3 is 0 Å². The van der Waals surface area contributed by atoms with Crippen molar-refractivity contribution in [3.63, 3.8) is 0 Å². The summed E-state index contributed by atoms with van der Waals surface area (Å²) in [4.78, 5) is 13.1. The summed E-state index contributed by atoms with van der Waals surface area (Å²) >= 11 is 0. The SMILES string of the molecule is C1=CC(c2ccnc(-c3ccccn3)n2)C=C1. The van der Waals surface area contributed by atoms with E-state index in [4.69, 9.17) is 0 Å². The minimum atomic E-state index is 0.264. The standard InChI is InChI=1S/C14H11N3/c1-2-6-11(5-1)12-8-10-16-14(17-12)13-7-3-4-9-15-13/h1-11H. The monoisotopic (exact) mass is 221 g/mol. The molecule has 0 aliphatic heterocycles. The second-order valence-electron chi connectivity index (χ2n) is 3.82.